The number of alkyl carbamates (subject to hydrolysis) is 2. The summed E-state index contributed by atoms with van der Waals surface area (Å²) in [5.41, 5.74) is 4.86. The molecule has 0 saturated carbocycles. The van der Waals surface area contributed by atoms with Crippen LogP contribution in [-0.2, 0) is 14.3 Å². The Hall–Kier alpha value is -0.600. The predicted octanol–water partition coefficient (Wildman–Crippen LogP) is 3.01. The molecule has 3 amide bonds. The first-order valence-electron chi connectivity index (χ1n) is 9.71. The predicted molar refractivity (Wildman–Crippen MR) is 132 cm³/mol. The largest absolute Gasteiger partial charge is 0.444 e. The molecule has 9 nitrogen and oxygen atoms in total. The minimum absolute atomic E-state index is 0.292. The lowest BCUT2D eigenvalue weighted by molar-refractivity contribution is -0.123. The summed E-state index contributed by atoms with van der Waals surface area (Å²) in [5.74, 6) is 1.29. The van der Waals surface area contributed by atoms with Gasteiger partial charge in [-0.3, -0.25) is 4.79 Å². The van der Waals surface area contributed by atoms with Crippen LogP contribution in [-0.4, -0.2) is 64.5 Å². The number of nitrogens with two attached hydrogens (primary N) is 1. The molecule has 0 saturated heterocycles. The second kappa shape index (κ2) is 15.2. The smallest absolute Gasteiger partial charge is 0.409 e. The van der Waals surface area contributed by atoms with Crippen LogP contribution in [0.1, 0.15) is 47.5 Å². The van der Waals surface area contributed by atoms with Crippen LogP contribution in [0.25, 0.3) is 0 Å². The second-order valence-corrected chi connectivity index (χ2v) is 13.0. The van der Waals surface area contributed by atoms with E-state index in [1.807, 2.05) is 22.6 Å². The number of nitrogens with one attached hydrogen (secondary N) is 3. The highest BCUT2D eigenvalue weighted by atomic mass is 127. The fourth-order valence-electron chi connectivity index (χ4n) is 1.98. The van der Waals surface area contributed by atoms with E-state index in [4.69, 9.17) is 15.2 Å². The van der Waals surface area contributed by atoms with Crippen LogP contribution in [0.4, 0.5) is 9.59 Å². The summed E-state index contributed by atoms with van der Waals surface area (Å²) in [6.07, 6.45) is -0.364. The van der Waals surface area contributed by atoms with Crippen molar-refractivity contribution in [2.75, 3.05) is 31.1 Å². The van der Waals surface area contributed by atoms with Gasteiger partial charge in [-0.05, 0) is 70.1 Å². The lowest BCUT2D eigenvalue weighted by Gasteiger charge is -2.22. The summed E-state index contributed by atoms with van der Waals surface area (Å²) >= 11 is 1.99. The fourth-order valence-corrected chi connectivity index (χ4v) is 3.94. The second-order valence-electron chi connectivity index (χ2n) is 7.74. The van der Waals surface area contributed by atoms with Gasteiger partial charge in [-0.15, -0.1) is 0 Å². The van der Waals surface area contributed by atoms with E-state index < -0.39 is 27.4 Å². The zero-order valence-corrected chi connectivity index (χ0v) is 22.1. The van der Waals surface area contributed by atoms with Gasteiger partial charge in [-0.25, -0.2) is 9.59 Å². The topological polar surface area (TPSA) is 132 Å². The number of hydrogen-bond acceptors (Lipinski definition) is 8. The molecule has 0 aliphatic heterocycles. The third kappa shape index (κ3) is 18.2. The highest BCUT2D eigenvalue weighted by molar-refractivity contribution is 14.1. The average molecular weight is 579 g/mol. The zero-order valence-electron chi connectivity index (χ0n) is 18.3. The van der Waals surface area contributed by atoms with E-state index >= 15 is 0 Å². The fraction of sp³-hybridized carbons (Fsp3) is 0.833. The van der Waals surface area contributed by atoms with E-state index in [9.17, 15) is 14.4 Å². The highest BCUT2D eigenvalue weighted by Crippen LogP contribution is 2.19. The van der Waals surface area contributed by atoms with E-state index in [-0.39, 0.29) is 5.91 Å². The maximum absolute atomic E-state index is 12.5. The van der Waals surface area contributed by atoms with Crippen molar-refractivity contribution in [1.82, 2.24) is 16.0 Å². The van der Waals surface area contributed by atoms with Gasteiger partial charge in [-0.1, -0.05) is 21.6 Å². The van der Waals surface area contributed by atoms with Crippen LogP contribution >= 0.6 is 44.2 Å². The van der Waals surface area contributed by atoms with Gasteiger partial charge in [0.15, 0.2) is 3.61 Å². The van der Waals surface area contributed by atoms with Crippen molar-refractivity contribution >= 4 is 62.3 Å². The van der Waals surface area contributed by atoms with E-state index in [2.05, 4.69) is 16.0 Å². The zero-order chi connectivity index (χ0) is 23.2. The van der Waals surface area contributed by atoms with Crippen molar-refractivity contribution in [2.24, 2.45) is 5.73 Å². The van der Waals surface area contributed by atoms with Crippen LogP contribution in [0, 0.1) is 0 Å². The first-order chi connectivity index (χ1) is 13.8. The quantitative estimate of drug-likeness (QED) is 0.114. The van der Waals surface area contributed by atoms with Crippen molar-refractivity contribution < 1.29 is 23.9 Å². The normalized spacial score (nSPS) is 12.6. The van der Waals surface area contributed by atoms with Gasteiger partial charge < -0.3 is 31.2 Å². The summed E-state index contributed by atoms with van der Waals surface area (Å²) in [5, 5.41) is 8.07. The molecule has 1 unspecified atom stereocenters. The van der Waals surface area contributed by atoms with Crippen LogP contribution < -0.4 is 21.7 Å². The molecular weight excluding hydrogens is 543 g/mol. The first-order valence-corrected chi connectivity index (χ1v) is 13.3. The standard InChI is InChI=1S/C18H35IN4O5S2/c1-17(2,3)27-15(25)22-9-6-7-13(23-16(26)28-18(4,5)19)14(24)21-10-12-30-29-11-8-20/h13H,6-12,20H2,1-5H3,(H,21,24)(H,22,25)(H,23,26). The van der Waals surface area contributed by atoms with Crippen molar-refractivity contribution in [1.29, 1.82) is 0 Å². The molecule has 30 heavy (non-hydrogen) atoms. The molecule has 5 N–H and O–H groups in total. The molecule has 0 bridgehead atoms. The van der Waals surface area contributed by atoms with Gasteiger partial charge in [0.05, 0.1) is 0 Å². The molecule has 12 heteroatoms. The van der Waals surface area contributed by atoms with Crippen molar-refractivity contribution in [3.8, 4) is 0 Å². The van der Waals surface area contributed by atoms with E-state index in [1.54, 1.807) is 56.2 Å². The number of halogens is 1. The van der Waals surface area contributed by atoms with Gasteiger partial charge in [0, 0.05) is 31.1 Å². The monoisotopic (exact) mass is 578 g/mol. The van der Waals surface area contributed by atoms with Gasteiger partial charge in [0.1, 0.15) is 11.6 Å². The maximum Gasteiger partial charge on any atom is 0.409 e. The van der Waals surface area contributed by atoms with Crippen LogP contribution in [0.15, 0.2) is 0 Å². The minimum Gasteiger partial charge on any atom is -0.444 e. The van der Waals surface area contributed by atoms with Gasteiger partial charge in [-0.2, -0.15) is 0 Å². The summed E-state index contributed by atoms with van der Waals surface area (Å²) in [4.78, 5) is 36.3. The lowest BCUT2D eigenvalue weighted by atomic mass is 10.1. The summed E-state index contributed by atoms with van der Waals surface area (Å²) in [7, 11) is 3.28. The van der Waals surface area contributed by atoms with E-state index in [1.165, 1.54) is 0 Å². The Morgan fingerprint density at radius 1 is 0.967 bits per heavy atom. The van der Waals surface area contributed by atoms with Crippen molar-refractivity contribution in [3.05, 3.63) is 0 Å². The van der Waals surface area contributed by atoms with Crippen LogP contribution in [0.2, 0.25) is 0 Å². The molecule has 0 spiro atoms. The molecule has 0 aromatic carbocycles. The highest BCUT2D eigenvalue weighted by Gasteiger charge is 2.25. The molecule has 0 aromatic heterocycles. The number of amides is 3. The Labute approximate surface area is 201 Å². The van der Waals surface area contributed by atoms with Gasteiger partial charge >= 0.3 is 12.2 Å². The SMILES string of the molecule is CC(C)(C)OC(=O)NCCCC(NC(=O)OC(C)(C)I)C(=O)NCCSSCCN. The lowest BCUT2D eigenvalue weighted by Crippen LogP contribution is -2.48. The average Bonchev–Trinajstić information content (AvgIpc) is 2.57. The number of rotatable bonds is 13. The Kier molecular flexibility index (Phi) is 14.9. The minimum atomic E-state index is -0.765. The van der Waals surface area contributed by atoms with Gasteiger partial charge in [0.25, 0.3) is 0 Å². The molecule has 0 radical (unpaired) electrons. The Morgan fingerprint density at radius 3 is 2.17 bits per heavy atom. The number of carbonyl (C=O) groups is 3. The van der Waals surface area contributed by atoms with Crippen LogP contribution in [0.3, 0.4) is 0 Å². The number of hydrogen-bond donors (Lipinski definition) is 4. The molecule has 0 rings (SSSR count). The summed E-state index contributed by atoms with van der Waals surface area (Å²) in [6, 6.07) is -0.765. The molecule has 0 aliphatic carbocycles. The molecule has 0 aliphatic rings. The molecular formula is C18H35IN4O5S2. The molecule has 0 fully saturated rings. The Bertz CT molecular complexity index is 542. The van der Waals surface area contributed by atoms with Crippen molar-refractivity contribution in [3.63, 3.8) is 0 Å². The third-order valence-electron chi connectivity index (χ3n) is 3.05. The Morgan fingerprint density at radius 2 is 1.60 bits per heavy atom. The summed E-state index contributed by atoms with van der Waals surface area (Å²) < 4.78 is 9.71. The number of carbonyl (C=O) groups excluding carboxylic acids is 3. The van der Waals surface area contributed by atoms with Gasteiger partial charge in [0.2, 0.25) is 5.91 Å². The Balaban J connectivity index is 4.54. The van der Waals surface area contributed by atoms with Crippen LogP contribution in [0.5, 0.6) is 0 Å². The molecule has 1 atom stereocenters. The van der Waals surface area contributed by atoms with Crippen molar-refractivity contribution in [2.45, 2.75) is 62.7 Å². The summed E-state index contributed by atoms with van der Waals surface area (Å²) in [6.45, 7) is 10.2. The van der Waals surface area contributed by atoms with E-state index in [0.29, 0.717) is 32.5 Å². The molecule has 0 heterocycles. The van der Waals surface area contributed by atoms with E-state index in [0.717, 1.165) is 11.5 Å². The number of alkyl halides is 1. The molecule has 176 valence electrons. The number of ether oxygens (including phenoxy) is 2. The molecule has 0 aromatic rings. The third-order valence-corrected chi connectivity index (χ3v) is 5.71. The maximum atomic E-state index is 12.5. The first kappa shape index (κ1) is 29.4.